The molecule has 0 heterocycles. The lowest BCUT2D eigenvalue weighted by Crippen LogP contribution is -2.12. The van der Waals surface area contributed by atoms with Gasteiger partial charge in [0, 0.05) is 35.4 Å². The first-order valence-electron chi connectivity index (χ1n) is 10.7. The summed E-state index contributed by atoms with van der Waals surface area (Å²) >= 11 is 0. The Kier molecular flexibility index (Phi) is 7.82. The molecule has 0 aromatic heterocycles. The minimum absolute atomic E-state index is 0.0296. The molecule has 0 radical (unpaired) electrons. The summed E-state index contributed by atoms with van der Waals surface area (Å²) in [5.74, 6) is -5.42. The van der Waals surface area contributed by atoms with E-state index in [0.717, 1.165) is 0 Å². The largest absolute Gasteiger partial charge is 0.507 e. The molecule has 2 aromatic rings. The molecule has 0 saturated carbocycles. The number of ketones is 2. The van der Waals surface area contributed by atoms with Crippen molar-refractivity contribution in [2.24, 2.45) is 11.8 Å². The molecule has 0 bridgehead atoms. The van der Waals surface area contributed by atoms with Gasteiger partial charge in [-0.15, -0.1) is 0 Å². The lowest BCUT2D eigenvalue weighted by Gasteiger charge is -2.21. The summed E-state index contributed by atoms with van der Waals surface area (Å²) < 4.78 is 5.24. The van der Waals surface area contributed by atoms with Crippen LogP contribution in [0.4, 0.5) is 0 Å². The molecule has 34 heavy (non-hydrogen) atoms. The monoisotopic (exact) mass is 474 g/mol. The number of rotatable bonds is 9. The molecule has 5 N–H and O–H groups in total. The maximum Gasteiger partial charge on any atom is 0.172 e. The second-order valence-electron chi connectivity index (χ2n) is 8.86. The first kappa shape index (κ1) is 26.5. The molecule has 9 heteroatoms. The van der Waals surface area contributed by atoms with E-state index in [-0.39, 0.29) is 46.6 Å². The number of methoxy groups -OCH3 is 1. The summed E-state index contributed by atoms with van der Waals surface area (Å²) in [5.41, 5.74) is -1.85. The highest BCUT2D eigenvalue weighted by Gasteiger charge is 2.32. The summed E-state index contributed by atoms with van der Waals surface area (Å²) in [6.45, 7) is 8.18. The van der Waals surface area contributed by atoms with Crippen LogP contribution in [0.25, 0.3) is 0 Å². The number of aldehydes is 1. The second-order valence-corrected chi connectivity index (χ2v) is 8.86. The molecular weight excluding hydrogens is 444 g/mol. The third-order valence-corrected chi connectivity index (χ3v) is 5.61. The van der Waals surface area contributed by atoms with E-state index in [2.05, 4.69) is 0 Å². The minimum Gasteiger partial charge on any atom is -0.507 e. The zero-order valence-corrected chi connectivity index (χ0v) is 20.0. The van der Waals surface area contributed by atoms with E-state index in [0.29, 0.717) is 0 Å². The quantitative estimate of drug-likeness (QED) is 0.267. The fourth-order valence-electron chi connectivity index (χ4n) is 3.81. The normalized spacial score (nSPS) is 11.2. The summed E-state index contributed by atoms with van der Waals surface area (Å²) in [4.78, 5) is 37.1. The van der Waals surface area contributed by atoms with Crippen LogP contribution in [0.5, 0.6) is 34.5 Å². The number of carbonyl (C=O) groups is 3. The molecule has 0 aliphatic rings. The molecule has 2 aromatic carbocycles. The van der Waals surface area contributed by atoms with Crippen LogP contribution in [0.2, 0.25) is 0 Å². The number of phenols is 5. The Morgan fingerprint density at radius 1 is 0.853 bits per heavy atom. The molecule has 184 valence electrons. The maximum atomic E-state index is 12.8. The Labute approximate surface area is 197 Å². The van der Waals surface area contributed by atoms with Crippen molar-refractivity contribution in [1.29, 1.82) is 0 Å². The van der Waals surface area contributed by atoms with Crippen molar-refractivity contribution in [3.8, 4) is 34.5 Å². The van der Waals surface area contributed by atoms with E-state index >= 15 is 0 Å². The lowest BCUT2D eigenvalue weighted by molar-refractivity contribution is 0.0930. The van der Waals surface area contributed by atoms with E-state index in [4.69, 9.17) is 4.74 Å². The topological polar surface area (TPSA) is 162 Å². The van der Waals surface area contributed by atoms with Crippen LogP contribution in [0.3, 0.4) is 0 Å². The molecule has 0 atom stereocenters. The van der Waals surface area contributed by atoms with Gasteiger partial charge in [0.1, 0.15) is 45.6 Å². The average molecular weight is 475 g/mol. The van der Waals surface area contributed by atoms with Crippen LogP contribution in [0.15, 0.2) is 0 Å². The fourth-order valence-corrected chi connectivity index (χ4v) is 3.81. The van der Waals surface area contributed by atoms with Gasteiger partial charge >= 0.3 is 0 Å². The van der Waals surface area contributed by atoms with Gasteiger partial charge in [0.2, 0.25) is 0 Å². The Hall–Kier alpha value is -3.75. The lowest BCUT2D eigenvalue weighted by atomic mass is 9.88. The molecular formula is C25H30O9. The van der Waals surface area contributed by atoms with Crippen molar-refractivity contribution in [3.05, 3.63) is 33.4 Å². The molecule has 0 spiro atoms. The van der Waals surface area contributed by atoms with E-state index < -0.39 is 63.8 Å². The number of hydrogen-bond donors (Lipinski definition) is 5. The number of phenolic OH excluding ortho intramolecular Hbond substituents is 5. The number of Topliss-reactive ketones (excluding diaryl/α,β-unsaturated/α-hetero) is 2. The Morgan fingerprint density at radius 2 is 1.38 bits per heavy atom. The number of aromatic hydroxyl groups is 5. The smallest absolute Gasteiger partial charge is 0.172 e. The third-order valence-electron chi connectivity index (χ3n) is 5.61. The van der Waals surface area contributed by atoms with E-state index in [9.17, 15) is 39.9 Å². The highest BCUT2D eigenvalue weighted by Crippen LogP contribution is 2.48. The van der Waals surface area contributed by atoms with E-state index in [1.165, 1.54) is 14.0 Å². The van der Waals surface area contributed by atoms with E-state index in [1.807, 2.05) is 0 Å². The summed E-state index contributed by atoms with van der Waals surface area (Å²) in [6.07, 6.45) is -0.497. The van der Waals surface area contributed by atoms with Gasteiger partial charge in [-0.25, -0.2) is 0 Å². The first-order valence-corrected chi connectivity index (χ1v) is 10.7. The number of carbonyl (C=O) groups excluding carboxylic acids is 3. The van der Waals surface area contributed by atoms with Crippen LogP contribution in [-0.4, -0.2) is 50.5 Å². The maximum absolute atomic E-state index is 12.8. The minimum atomic E-state index is -0.866. The first-order chi connectivity index (χ1) is 15.8. The molecule has 0 fully saturated rings. The van der Waals surface area contributed by atoms with Gasteiger partial charge in [0.25, 0.3) is 0 Å². The highest BCUT2D eigenvalue weighted by molar-refractivity contribution is 6.06. The SMILES string of the molecule is COc1c(C)c(O)c(Cc2c(O)c(C=O)c(O)c(C(=O)CC(C)C)c2O)c(O)c1C(=O)C(C)C. The van der Waals surface area contributed by atoms with Crippen molar-refractivity contribution in [1.82, 2.24) is 0 Å². The molecule has 9 nitrogen and oxygen atoms in total. The standard InChI is InChI=1S/C25H30O9/c1-10(2)7-16(27)17-22(31)14(21(30)15(9-26)24(17)33)8-13-20(29)12(5)25(34-6)18(23(13)32)19(28)11(3)4/h9-11,29-33H,7-8H2,1-6H3. The second kappa shape index (κ2) is 10.0. The third kappa shape index (κ3) is 4.50. The van der Waals surface area contributed by atoms with Gasteiger partial charge in [-0.2, -0.15) is 0 Å². The van der Waals surface area contributed by atoms with Crippen LogP contribution < -0.4 is 4.74 Å². The van der Waals surface area contributed by atoms with E-state index in [1.54, 1.807) is 27.7 Å². The number of benzene rings is 2. The predicted octanol–water partition coefficient (Wildman–Crippen LogP) is 4.00. The molecule has 0 unspecified atom stereocenters. The molecule has 0 amide bonds. The highest BCUT2D eigenvalue weighted by atomic mass is 16.5. The van der Waals surface area contributed by atoms with Gasteiger partial charge in [-0.3, -0.25) is 14.4 Å². The van der Waals surface area contributed by atoms with Crippen LogP contribution >= 0.6 is 0 Å². The predicted molar refractivity (Wildman–Crippen MR) is 124 cm³/mol. The average Bonchev–Trinajstić information content (AvgIpc) is 2.74. The molecule has 2 rings (SSSR count). The van der Waals surface area contributed by atoms with Crippen LogP contribution in [0, 0.1) is 18.8 Å². The molecule has 0 aliphatic heterocycles. The Balaban J connectivity index is 2.87. The summed E-state index contributed by atoms with van der Waals surface area (Å²) in [7, 11) is 1.28. The zero-order valence-electron chi connectivity index (χ0n) is 20.0. The fraction of sp³-hybridized carbons (Fsp3) is 0.400. The van der Waals surface area contributed by atoms with Crippen LogP contribution in [-0.2, 0) is 6.42 Å². The molecule has 0 saturated heterocycles. The Morgan fingerprint density at radius 3 is 1.85 bits per heavy atom. The van der Waals surface area contributed by atoms with Crippen molar-refractivity contribution in [2.75, 3.05) is 7.11 Å². The van der Waals surface area contributed by atoms with Crippen molar-refractivity contribution >= 4 is 17.9 Å². The number of ether oxygens (including phenoxy) is 1. The zero-order chi connectivity index (χ0) is 26.1. The van der Waals surface area contributed by atoms with Crippen molar-refractivity contribution < 1.29 is 44.7 Å². The molecule has 0 aliphatic carbocycles. The summed E-state index contributed by atoms with van der Waals surface area (Å²) in [5, 5.41) is 53.5. The van der Waals surface area contributed by atoms with Gasteiger partial charge in [0.05, 0.1) is 12.7 Å². The van der Waals surface area contributed by atoms with Gasteiger partial charge < -0.3 is 30.3 Å². The number of hydrogen-bond acceptors (Lipinski definition) is 9. The summed E-state index contributed by atoms with van der Waals surface area (Å²) in [6, 6.07) is 0. The Bertz CT molecular complexity index is 1160. The van der Waals surface area contributed by atoms with Gasteiger partial charge in [-0.05, 0) is 12.8 Å². The van der Waals surface area contributed by atoms with Gasteiger partial charge in [0.15, 0.2) is 17.9 Å². The van der Waals surface area contributed by atoms with Crippen molar-refractivity contribution in [3.63, 3.8) is 0 Å². The van der Waals surface area contributed by atoms with Gasteiger partial charge in [-0.1, -0.05) is 27.7 Å². The van der Waals surface area contributed by atoms with Crippen LogP contribution in [0.1, 0.15) is 81.9 Å². The van der Waals surface area contributed by atoms with Crippen molar-refractivity contribution in [2.45, 2.75) is 47.5 Å².